The fraction of sp³-hybridized carbons (Fsp3) is 0.400. The van der Waals surface area contributed by atoms with Crippen molar-refractivity contribution >= 4 is 11.6 Å². The van der Waals surface area contributed by atoms with Gasteiger partial charge in [0, 0.05) is 17.0 Å². The van der Waals surface area contributed by atoms with Gasteiger partial charge < -0.3 is 4.74 Å². The summed E-state index contributed by atoms with van der Waals surface area (Å²) >= 11 is 6.16. The molecule has 2 atom stereocenters. The second-order valence-electron chi connectivity index (χ2n) is 6.79. The monoisotopic (exact) mass is 345 g/mol. The molecule has 0 N–H and O–H groups in total. The molecule has 1 fully saturated rings. The molecule has 0 radical (unpaired) electrons. The van der Waals surface area contributed by atoms with Crippen LogP contribution in [0.5, 0.6) is 5.75 Å². The minimum atomic E-state index is -0.262. The predicted octanol–water partition coefficient (Wildman–Crippen LogP) is 4.44. The van der Waals surface area contributed by atoms with Crippen molar-refractivity contribution in [2.75, 3.05) is 20.2 Å². The van der Waals surface area contributed by atoms with Crippen LogP contribution in [0.15, 0.2) is 36.4 Å². The molecule has 24 heavy (non-hydrogen) atoms. The minimum absolute atomic E-state index is 0.262. The van der Waals surface area contributed by atoms with E-state index in [0.717, 1.165) is 36.5 Å². The topological polar surface area (TPSA) is 12.5 Å². The summed E-state index contributed by atoms with van der Waals surface area (Å²) in [6, 6.07) is 12.1. The molecule has 126 valence electrons. The van der Waals surface area contributed by atoms with Crippen LogP contribution >= 0.6 is 11.6 Å². The lowest BCUT2D eigenvalue weighted by molar-refractivity contribution is 0.106. The lowest BCUT2D eigenvalue weighted by Gasteiger charge is -2.39. The normalized spacial score (nSPS) is 23.0. The summed E-state index contributed by atoms with van der Waals surface area (Å²) in [5.41, 5.74) is 3.58. The molecule has 1 saturated heterocycles. The third kappa shape index (κ3) is 2.80. The maximum atomic E-state index is 14.1. The van der Waals surface area contributed by atoms with Gasteiger partial charge >= 0.3 is 0 Å². The molecule has 2 aromatic rings. The SMILES string of the molecule is COc1cc2c(cc1F)CC(N1CCC1)C2Cc1cccc(Cl)c1. The highest BCUT2D eigenvalue weighted by atomic mass is 35.5. The van der Waals surface area contributed by atoms with E-state index < -0.39 is 0 Å². The van der Waals surface area contributed by atoms with Crippen molar-refractivity contribution in [3.05, 3.63) is 63.9 Å². The molecule has 4 heteroatoms. The van der Waals surface area contributed by atoms with E-state index >= 15 is 0 Å². The Morgan fingerprint density at radius 3 is 2.75 bits per heavy atom. The van der Waals surface area contributed by atoms with Gasteiger partial charge in [0.05, 0.1) is 7.11 Å². The van der Waals surface area contributed by atoms with E-state index in [9.17, 15) is 4.39 Å². The van der Waals surface area contributed by atoms with Crippen molar-refractivity contribution in [3.8, 4) is 5.75 Å². The van der Waals surface area contributed by atoms with E-state index in [-0.39, 0.29) is 5.82 Å². The van der Waals surface area contributed by atoms with Crippen molar-refractivity contribution in [2.45, 2.75) is 31.2 Å². The largest absolute Gasteiger partial charge is 0.494 e. The number of halogens is 2. The molecule has 2 aromatic carbocycles. The molecule has 0 spiro atoms. The molecule has 4 rings (SSSR count). The second kappa shape index (κ2) is 6.38. The van der Waals surface area contributed by atoms with Crippen LogP contribution in [0.1, 0.15) is 29.0 Å². The molecule has 0 aromatic heterocycles. The standard InChI is InChI=1S/C20H21ClFNO/c1-24-20-12-16-14(10-18(20)22)11-19(23-6-3-7-23)17(16)9-13-4-2-5-15(21)8-13/h2,4-5,8,10,12,17,19H,3,6-7,9,11H2,1H3. The number of ether oxygens (including phenoxy) is 1. The molecule has 2 unspecified atom stereocenters. The highest BCUT2D eigenvalue weighted by Crippen LogP contribution is 2.42. The van der Waals surface area contributed by atoms with Crippen LogP contribution in [0.3, 0.4) is 0 Å². The fourth-order valence-corrected chi connectivity index (χ4v) is 4.30. The number of likely N-dealkylation sites (tertiary alicyclic amines) is 1. The van der Waals surface area contributed by atoms with Crippen LogP contribution in [0.25, 0.3) is 0 Å². The molecular weight excluding hydrogens is 325 g/mol. The number of hydrogen-bond donors (Lipinski definition) is 0. The lowest BCUT2D eigenvalue weighted by atomic mass is 9.89. The zero-order valence-corrected chi connectivity index (χ0v) is 14.5. The molecular formula is C20H21ClFNO. The molecule has 2 nitrogen and oxygen atoms in total. The first-order valence-corrected chi connectivity index (χ1v) is 8.88. The number of fused-ring (bicyclic) bond motifs is 1. The van der Waals surface area contributed by atoms with E-state index in [1.54, 1.807) is 6.07 Å². The number of rotatable bonds is 4. The van der Waals surface area contributed by atoms with Crippen LogP contribution in [-0.4, -0.2) is 31.1 Å². The minimum Gasteiger partial charge on any atom is -0.494 e. The first-order chi connectivity index (χ1) is 11.7. The van der Waals surface area contributed by atoms with E-state index in [1.165, 1.54) is 24.7 Å². The van der Waals surface area contributed by atoms with Crippen molar-refractivity contribution in [1.82, 2.24) is 4.90 Å². The zero-order chi connectivity index (χ0) is 16.7. The fourth-order valence-electron chi connectivity index (χ4n) is 4.08. The van der Waals surface area contributed by atoms with Gasteiger partial charge in [-0.15, -0.1) is 0 Å². The Labute approximate surface area is 147 Å². The Hall–Kier alpha value is -1.58. The van der Waals surface area contributed by atoms with Crippen molar-refractivity contribution in [2.24, 2.45) is 0 Å². The third-order valence-corrected chi connectivity index (χ3v) is 5.65. The van der Waals surface area contributed by atoms with Gasteiger partial charge in [-0.25, -0.2) is 4.39 Å². The van der Waals surface area contributed by atoms with Gasteiger partial charge in [0.1, 0.15) is 0 Å². The third-order valence-electron chi connectivity index (χ3n) is 5.41. The maximum Gasteiger partial charge on any atom is 0.165 e. The molecule has 0 amide bonds. The molecule has 1 aliphatic carbocycles. The average molecular weight is 346 g/mol. The van der Waals surface area contributed by atoms with E-state index in [0.29, 0.717) is 17.7 Å². The van der Waals surface area contributed by atoms with Crippen LogP contribution in [0.4, 0.5) is 4.39 Å². The van der Waals surface area contributed by atoms with Crippen LogP contribution in [0.2, 0.25) is 5.02 Å². The van der Waals surface area contributed by atoms with Gasteiger partial charge in [0.15, 0.2) is 11.6 Å². The number of benzene rings is 2. The van der Waals surface area contributed by atoms with Gasteiger partial charge in [-0.1, -0.05) is 23.7 Å². The Morgan fingerprint density at radius 2 is 2.08 bits per heavy atom. The Balaban J connectivity index is 1.70. The smallest absolute Gasteiger partial charge is 0.165 e. The van der Waals surface area contributed by atoms with Gasteiger partial charge in [-0.2, -0.15) is 0 Å². The van der Waals surface area contributed by atoms with E-state index in [4.69, 9.17) is 16.3 Å². The van der Waals surface area contributed by atoms with Crippen molar-refractivity contribution in [3.63, 3.8) is 0 Å². The quantitative estimate of drug-likeness (QED) is 0.812. The summed E-state index contributed by atoms with van der Waals surface area (Å²) in [4.78, 5) is 2.53. The summed E-state index contributed by atoms with van der Waals surface area (Å²) in [6.45, 7) is 2.29. The summed E-state index contributed by atoms with van der Waals surface area (Å²) in [6.07, 6.45) is 3.10. The molecule has 1 aliphatic heterocycles. The van der Waals surface area contributed by atoms with Crippen molar-refractivity contribution < 1.29 is 9.13 Å². The molecule has 1 heterocycles. The first-order valence-electron chi connectivity index (χ1n) is 8.50. The number of nitrogens with zero attached hydrogens (tertiary/aromatic N) is 1. The molecule has 2 aliphatic rings. The Morgan fingerprint density at radius 1 is 1.25 bits per heavy atom. The van der Waals surface area contributed by atoms with Crippen LogP contribution in [-0.2, 0) is 12.8 Å². The van der Waals surface area contributed by atoms with E-state index in [1.807, 2.05) is 24.3 Å². The number of methoxy groups -OCH3 is 1. The van der Waals surface area contributed by atoms with Gasteiger partial charge in [0.2, 0.25) is 0 Å². The Bertz CT molecular complexity index is 759. The Kier molecular flexibility index (Phi) is 4.23. The summed E-state index contributed by atoms with van der Waals surface area (Å²) in [5, 5.41) is 0.767. The molecule has 0 saturated carbocycles. The average Bonchev–Trinajstić information content (AvgIpc) is 2.82. The highest BCUT2D eigenvalue weighted by Gasteiger charge is 2.39. The summed E-state index contributed by atoms with van der Waals surface area (Å²) in [5.74, 6) is 0.435. The predicted molar refractivity (Wildman–Crippen MR) is 94.5 cm³/mol. The van der Waals surface area contributed by atoms with E-state index in [2.05, 4.69) is 11.0 Å². The van der Waals surface area contributed by atoms with Gasteiger partial charge in [-0.3, -0.25) is 4.90 Å². The lowest BCUT2D eigenvalue weighted by Crippen LogP contribution is -2.47. The molecule has 0 bridgehead atoms. The summed E-state index contributed by atoms with van der Waals surface area (Å²) < 4.78 is 19.3. The summed E-state index contributed by atoms with van der Waals surface area (Å²) in [7, 11) is 1.53. The van der Waals surface area contributed by atoms with Gasteiger partial charge in [0.25, 0.3) is 0 Å². The zero-order valence-electron chi connectivity index (χ0n) is 13.8. The second-order valence-corrected chi connectivity index (χ2v) is 7.22. The van der Waals surface area contributed by atoms with Crippen LogP contribution in [0, 0.1) is 5.82 Å². The number of hydrogen-bond acceptors (Lipinski definition) is 2. The van der Waals surface area contributed by atoms with Gasteiger partial charge in [-0.05, 0) is 73.3 Å². The highest BCUT2D eigenvalue weighted by molar-refractivity contribution is 6.30. The van der Waals surface area contributed by atoms with Crippen LogP contribution < -0.4 is 4.74 Å². The van der Waals surface area contributed by atoms with Crippen molar-refractivity contribution in [1.29, 1.82) is 0 Å². The first kappa shape index (κ1) is 15.9. The maximum absolute atomic E-state index is 14.1.